The van der Waals surface area contributed by atoms with Gasteiger partial charge < -0.3 is 5.32 Å². The average Bonchev–Trinajstić information content (AvgIpc) is 2.67. The normalized spacial score (nSPS) is 16.0. The lowest BCUT2D eigenvalue weighted by Crippen LogP contribution is -2.51. The highest BCUT2D eigenvalue weighted by molar-refractivity contribution is 7.89. The Kier molecular flexibility index (Phi) is 6.95. The van der Waals surface area contributed by atoms with E-state index in [2.05, 4.69) is 5.32 Å². The smallest absolute Gasteiger partial charge is 0.243 e. The number of carbonyl (C=O) groups is 1. The van der Waals surface area contributed by atoms with Crippen molar-refractivity contribution in [1.82, 2.24) is 14.5 Å². The SMILES string of the molecule is Cc1ccc(S(=O)(=O)N2CCN(CC(=O)NCc3ccc(Cl)cc3)CC2)c(C)c1. The topological polar surface area (TPSA) is 69.7 Å². The standard InChI is InChI=1S/C21H26ClN3O3S/c1-16-3-8-20(17(2)13-16)29(27,28)25-11-9-24(10-12-25)15-21(26)23-14-18-4-6-19(22)7-5-18/h3-8,13H,9-12,14-15H2,1-2H3,(H,23,26). The van der Waals surface area contributed by atoms with Gasteiger partial charge in [0.25, 0.3) is 0 Å². The molecule has 0 saturated carbocycles. The van der Waals surface area contributed by atoms with Crippen LogP contribution < -0.4 is 5.32 Å². The molecule has 156 valence electrons. The molecule has 3 rings (SSSR count). The van der Waals surface area contributed by atoms with Crippen molar-refractivity contribution in [1.29, 1.82) is 0 Å². The van der Waals surface area contributed by atoms with Crippen molar-refractivity contribution in [3.8, 4) is 0 Å². The Morgan fingerprint density at radius 3 is 2.31 bits per heavy atom. The number of piperazine rings is 1. The molecule has 1 aliphatic rings. The van der Waals surface area contributed by atoms with Crippen molar-refractivity contribution >= 4 is 27.5 Å². The van der Waals surface area contributed by atoms with Gasteiger partial charge in [0, 0.05) is 37.7 Å². The van der Waals surface area contributed by atoms with Crippen LogP contribution in [-0.2, 0) is 21.4 Å². The quantitative estimate of drug-likeness (QED) is 0.757. The predicted molar refractivity (Wildman–Crippen MR) is 114 cm³/mol. The summed E-state index contributed by atoms with van der Waals surface area (Å²) in [4.78, 5) is 14.6. The Balaban J connectivity index is 1.50. The number of hydrogen-bond donors (Lipinski definition) is 1. The van der Waals surface area contributed by atoms with Gasteiger partial charge in [0.05, 0.1) is 11.4 Å². The van der Waals surface area contributed by atoms with Gasteiger partial charge in [-0.2, -0.15) is 4.31 Å². The summed E-state index contributed by atoms with van der Waals surface area (Å²) in [5.41, 5.74) is 2.78. The number of benzene rings is 2. The van der Waals surface area contributed by atoms with E-state index in [1.165, 1.54) is 4.31 Å². The van der Waals surface area contributed by atoms with Crippen LogP contribution in [0.5, 0.6) is 0 Å². The molecule has 1 N–H and O–H groups in total. The van der Waals surface area contributed by atoms with Crippen LogP contribution in [0.2, 0.25) is 5.02 Å². The van der Waals surface area contributed by atoms with E-state index < -0.39 is 10.0 Å². The first-order valence-corrected chi connectivity index (χ1v) is 11.4. The molecule has 0 spiro atoms. The van der Waals surface area contributed by atoms with Crippen molar-refractivity contribution in [2.75, 3.05) is 32.7 Å². The Morgan fingerprint density at radius 1 is 1.03 bits per heavy atom. The van der Waals surface area contributed by atoms with Gasteiger partial charge in [-0.05, 0) is 43.2 Å². The third kappa shape index (κ3) is 5.57. The summed E-state index contributed by atoms with van der Waals surface area (Å²) in [6, 6.07) is 12.7. The zero-order valence-electron chi connectivity index (χ0n) is 16.7. The second kappa shape index (κ2) is 9.26. The maximum Gasteiger partial charge on any atom is 0.243 e. The van der Waals surface area contributed by atoms with Crippen molar-refractivity contribution in [3.05, 3.63) is 64.2 Å². The van der Waals surface area contributed by atoms with Gasteiger partial charge in [-0.25, -0.2) is 8.42 Å². The predicted octanol–water partition coefficient (Wildman–Crippen LogP) is 2.58. The van der Waals surface area contributed by atoms with Crippen LogP contribution in [0.25, 0.3) is 0 Å². The fraction of sp³-hybridized carbons (Fsp3) is 0.381. The highest BCUT2D eigenvalue weighted by Gasteiger charge is 2.30. The molecule has 0 bridgehead atoms. The van der Waals surface area contributed by atoms with Crippen LogP contribution in [0.1, 0.15) is 16.7 Å². The highest BCUT2D eigenvalue weighted by Crippen LogP contribution is 2.22. The summed E-state index contributed by atoms with van der Waals surface area (Å²) in [5.74, 6) is -0.0781. The molecule has 6 nitrogen and oxygen atoms in total. The van der Waals surface area contributed by atoms with E-state index >= 15 is 0 Å². The first kappa shape index (κ1) is 21.8. The molecule has 2 aromatic carbocycles. The number of sulfonamides is 1. The van der Waals surface area contributed by atoms with Gasteiger partial charge in [-0.1, -0.05) is 41.4 Å². The number of halogens is 1. The van der Waals surface area contributed by atoms with Crippen LogP contribution in [0.4, 0.5) is 0 Å². The lowest BCUT2D eigenvalue weighted by molar-refractivity contribution is -0.122. The molecule has 0 atom stereocenters. The van der Waals surface area contributed by atoms with Crippen LogP contribution in [0, 0.1) is 13.8 Å². The van der Waals surface area contributed by atoms with Crippen LogP contribution in [0.15, 0.2) is 47.4 Å². The fourth-order valence-electron chi connectivity index (χ4n) is 3.42. The Morgan fingerprint density at radius 2 is 1.69 bits per heavy atom. The molecular formula is C21H26ClN3O3S. The van der Waals surface area contributed by atoms with E-state index in [1.54, 1.807) is 18.2 Å². The largest absolute Gasteiger partial charge is 0.351 e. The van der Waals surface area contributed by atoms with Gasteiger partial charge in [0.2, 0.25) is 15.9 Å². The van der Waals surface area contributed by atoms with Crippen LogP contribution in [-0.4, -0.2) is 56.3 Å². The zero-order chi connectivity index (χ0) is 21.0. The summed E-state index contributed by atoms with van der Waals surface area (Å²) >= 11 is 5.86. The average molecular weight is 436 g/mol. The lowest BCUT2D eigenvalue weighted by atomic mass is 10.2. The van der Waals surface area contributed by atoms with E-state index in [0.29, 0.717) is 42.6 Å². The molecule has 0 radical (unpaired) electrons. The van der Waals surface area contributed by atoms with Crippen molar-refractivity contribution in [3.63, 3.8) is 0 Å². The molecule has 2 aromatic rings. The number of nitrogens with zero attached hydrogens (tertiary/aromatic N) is 2. The van der Waals surface area contributed by atoms with Crippen LogP contribution >= 0.6 is 11.6 Å². The maximum absolute atomic E-state index is 13.0. The Hall–Kier alpha value is -1.93. The Bertz CT molecular complexity index is 969. The molecule has 1 amide bonds. The number of carbonyl (C=O) groups excluding carboxylic acids is 1. The highest BCUT2D eigenvalue weighted by atomic mass is 35.5. The van der Waals surface area contributed by atoms with Crippen molar-refractivity contribution < 1.29 is 13.2 Å². The van der Waals surface area contributed by atoms with Gasteiger partial charge in [0.15, 0.2) is 0 Å². The lowest BCUT2D eigenvalue weighted by Gasteiger charge is -2.33. The minimum absolute atomic E-state index is 0.0781. The van der Waals surface area contributed by atoms with Crippen molar-refractivity contribution in [2.45, 2.75) is 25.3 Å². The number of aryl methyl sites for hydroxylation is 2. The number of amides is 1. The second-order valence-corrected chi connectivity index (χ2v) is 9.70. The molecule has 0 aliphatic carbocycles. The third-order valence-electron chi connectivity index (χ3n) is 5.05. The van der Waals surface area contributed by atoms with E-state index in [0.717, 1.165) is 16.7 Å². The van der Waals surface area contributed by atoms with E-state index in [-0.39, 0.29) is 12.5 Å². The Labute approximate surface area is 177 Å². The number of hydrogen-bond acceptors (Lipinski definition) is 4. The van der Waals surface area contributed by atoms with E-state index in [1.807, 2.05) is 43.0 Å². The van der Waals surface area contributed by atoms with E-state index in [9.17, 15) is 13.2 Å². The van der Waals surface area contributed by atoms with Crippen molar-refractivity contribution in [2.24, 2.45) is 0 Å². The minimum atomic E-state index is -3.52. The summed E-state index contributed by atoms with van der Waals surface area (Å²) in [6.45, 7) is 6.26. The zero-order valence-corrected chi connectivity index (χ0v) is 18.3. The maximum atomic E-state index is 13.0. The summed E-state index contributed by atoms with van der Waals surface area (Å²) in [7, 11) is -3.52. The van der Waals surface area contributed by atoms with Gasteiger partial charge >= 0.3 is 0 Å². The molecule has 1 fully saturated rings. The van der Waals surface area contributed by atoms with Gasteiger partial charge in [-0.3, -0.25) is 9.69 Å². The molecule has 8 heteroatoms. The minimum Gasteiger partial charge on any atom is -0.351 e. The first-order valence-electron chi connectivity index (χ1n) is 9.56. The molecule has 1 heterocycles. The number of nitrogens with one attached hydrogen (secondary N) is 1. The number of rotatable bonds is 6. The van der Waals surface area contributed by atoms with Gasteiger partial charge in [0.1, 0.15) is 0 Å². The summed E-state index contributed by atoms with van der Waals surface area (Å²) in [5, 5.41) is 3.55. The molecule has 0 aromatic heterocycles. The fourth-order valence-corrected chi connectivity index (χ4v) is 5.17. The molecule has 1 saturated heterocycles. The second-order valence-electron chi connectivity index (χ2n) is 7.35. The molecule has 0 unspecified atom stereocenters. The summed E-state index contributed by atoms with van der Waals surface area (Å²) < 4.78 is 27.4. The van der Waals surface area contributed by atoms with Crippen LogP contribution in [0.3, 0.4) is 0 Å². The molecule has 1 aliphatic heterocycles. The molecule has 29 heavy (non-hydrogen) atoms. The van der Waals surface area contributed by atoms with E-state index in [4.69, 9.17) is 11.6 Å². The van der Waals surface area contributed by atoms with Gasteiger partial charge in [-0.15, -0.1) is 0 Å². The first-order chi connectivity index (χ1) is 13.8. The summed E-state index contributed by atoms with van der Waals surface area (Å²) in [6.07, 6.45) is 0. The molecular weight excluding hydrogens is 410 g/mol. The monoisotopic (exact) mass is 435 g/mol. The third-order valence-corrected chi connectivity index (χ3v) is 7.36.